The van der Waals surface area contributed by atoms with E-state index in [2.05, 4.69) is 29.5 Å². The van der Waals surface area contributed by atoms with E-state index in [9.17, 15) is 4.79 Å². The van der Waals surface area contributed by atoms with Gasteiger partial charge in [0.1, 0.15) is 0 Å². The van der Waals surface area contributed by atoms with Crippen LogP contribution in [0.15, 0.2) is 5.38 Å². The molecule has 100 valence electrons. The van der Waals surface area contributed by atoms with E-state index in [1.807, 2.05) is 5.38 Å². The zero-order chi connectivity index (χ0) is 13.0. The van der Waals surface area contributed by atoms with Crippen molar-refractivity contribution in [1.29, 1.82) is 0 Å². The third-order valence-corrected chi connectivity index (χ3v) is 4.08. The Hall–Kier alpha value is -0.940. The number of nitrogens with one attached hydrogen (secondary N) is 2. The van der Waals surface area contributed by atoms with E-state index in [0.29, 0.717) is 18.3 Å². The van der Waals surface area contributed by atoms with Crippen LogP contribution in [0, 0.1) is 5.92 Å². The molecule has 1 aromatic heterocycles. The molecule has 1 aliphatic rings. The highest BCUT2D eigenvalue weighted by atomic mass is 32.1. The summed E-state index contributed by atoms with van der Waals surface area (Å²) in [6.07, 6.45) is 2.77. The van der Waals surface area contributed by atoms with Crippen LogP contribution in [0.25, 0.3) is 0 Å². The second kappa shape index (κ2) is 6.29. The molecule has 1 saturated heterocycles. The topological polar surface area (TPSA) is 54.0 Å². The first-order chi connectivity index (χ1) is 8.65. The maximum atomic E-state index is 11.8. The Morgan fingerprint density at radius 2 is 2.50 bits per heavy atom. The third-order valence-electron chi connectivity index (χ3n) is 3.30. The standard InChI is InChI=1S/C13H21N3OS/c1-9(2)11-8-18-13(15-11)16-12(17)4-3-10-5-6-14-7-10/h8-10,14H,3-7H2,1-2H3,(H,15,16,17). The molecule has 18 heavy (non-hydrogen) atoms. The molecule has 0 aromatic carbocycles. The van der Waals surface area contributed by atoms with Crippen molar-refractivity contribution in [3.05, 3.63) is 11.1 Å². The lowest BCUT2D eigenvalue weighted by atomic mass is 10.0. The lowest BCUT2D eigenvalue weighted by Crippen LogP contribution is -2.15. The second-order valence-corrected chi connectivity index (χ2v) is 6.04. The van der Waals surface area contributed by atoms with Gasteiger partial charge in [-0.25, -0.2) is 4.98 Å². The Bertz CT molecular complexity index is 397. The maximum Gasteiger partial charge on any atom is 0.226 e. The number of amides is 1. The van der Waals surface area contributed by atoms with Gasteiger partial charge in [-0.15, -0.1) is 11.3 Å². The zero-order valence-electron chi connectivity index (χ0n) is 11.0. The predicted molar refractivity (Wildman–Crippen MR) is 75.0 cm³/mol. The molecule has 2 rings (SSSR count). The Morgan fingerprint density at radius 3 is 3.11 bits per heavy atom. The third kappa shape index (κ3) is 3.78. The van der Waals surface area contributed by atoms with Gasteiger partial charge in [0, 0.05) is 11.8 Å². The molecule has 4 nitrogen and oxygen atoms in total. The highest BCUT2D eigenvalue weighted by Crippen LogP contribution is 2.22. The van der Waals surface area contributed by atoms with Gasteiger partial charge in [0.2, 0.25) is 5.91 Å². The van der Waals surface area contributed by atoms with Gasteiger partial charge in [-0.05, 0) is 37.8 Å². The minimum atomic E-state index is 0.0894. The van der Waals surface area contributed by atoms with Crippen LogP contribution >= 0.6 is 11.3 Å². The van der Waals surface area contributed by atoms with Gasteiger partial charge in [-0.2, -0.15) is 0 Å². The first-order valence-electron chi connectivity index (χ1n) is 6.61. The fourth-order valence-electron chi connectivity index (χ4n) is 2.09. The molecule has 2 heterocycles. The molecule has 0 bridgehead atoms. The first kappa shape index (κ1) is 13.5. The molecule has 1 aliphatic heterocycles. The van der Waals surface area contributed by atoms with Crippen LogP contribution in [0.3, 0.4) is 0 Å². The van der Waals surface area contributed by atoms with Crippen LogP contribution in [-0.4, -0.2) is 24.0 Å². The van der Waals surface area contributed by atoms with Crippen LogP contribution in [0.4, 0.5) is 5.13 Å². The molecule has 1 aromatic rings. The summed E-state index contributed by atoms with van der Waals surface area (Å²) < 4.78 is 0. The molecule has 0 saturated carbocycles. The van der Waals surface area contributed by atoms with E-state index >= 15 is 0 Å². The van der Waals surface area contributed by atoms with E-state index in [4.69, 9.17) is 0 Å². The summed E-state index contributed by atoms with van der Waals surface area (Å²) in [6, 6.07) is 0. The van der Waals surface area contributed by atoms with Crippen LogP contribution in [0.2, 0.25) is 0 Å². The Morgan fingerprint density at radius 1 is 1.67 bits per heavy atom. The number of carbonyl (C=O) groups excluding carboxylic acids is 1. The number of thiazole rings is 1. The van der Waals surface area contributed by atoms with Crippen LogP contribution < -0.4 is 10.6 Å². The molecule has 2 N–H and O–H groups in total. The molecule has 1 unspecified atom stereocenters. The van der Waals surface area contributed by atoms with Crippen molar-refractivity contribution >= 4 is 22.4 Å². The number of hydrogen-bond acceptors (Lipinski definition) is 4. The second-order valence-electron chi connectivity index (χ2n) is 5.18. The van der Waals surface area contributed by atoms with Gasteiger partial charge >= 0.3 is 0 Å². The number of hydrogen-bond donors (Lipinski definition) is 2. The van der Waals surface area contributed by atoms with Gasteiger partial charge in [0.05, 0.1) is 5.69 Å². The number of aromatic nitrogens is 1. The van der Waals surface area contributed by atoms with Gasteiger partial charge in [-0.1, -0.05) is 13.8 Å². The summed E-state index contributed by atoms with van der Waals surface area (Å²) in [5.74, 6) is 1.17. The Labute approximate surface area is 112 Å². The molecule has 0 aliphatic carbocycles. The highest BCUT2D eigenvalue weighted by Gasteiger charge is 2.16. The summed E-state index contributed by atoms with van der Waals surface area (Å²) in [6.45, 7) is 6.36. The minimum absolute atomic E-state index is 0.0894. The van der Waals surface area contributed by atoms with Crippen LogP contribution in [0.5, 0.6) is 0 Å². The lowest BCUT2D eigenvalue weighted by molar-refractivity contribution is -0.116. The van der Waals surface area contributed by atoms with Crippen LogP contribution in [0.1, 0.15) is 44.7 Å². The number of rotatable bonds is 5. The average molecular weight is 267 g/mol. The molecule has 1 amide bonds. The summed E-state index contributed by atoms with van der Waals surface area (Å²) in [7, 11) is 0. The van der Waals surface area contributed by atoms with Crippen molar-refractivity contribution in [2.45, 2.75) is 39.0 Å². The number of anilines is 1. The molecular weight excluding hydrogens is 246 g/mol. The molecule has 1 fully saturated rings. The first-order valence-corrected chi connectivity index (χ1v) is 7.49. The molecular formula is C13H21N3OS. The lowest BCUT2D eigenvalue weighted by Gasteiger charge is -2.07. The smallest absolute Gasteiger partial charge is 0.226 e. The molecule has 0 spiro atoms. The summed E-state index contributed by atoms with van der Waals surface area (Å²) >= 11 is 1.51. The molecule has 0 radical (unpaired) electrons. The normalized spacial score (nSPS) is 19.4. The summed E-state index contributed by atoms with van der Waals surface area (Å²) in [5.41, 5.74) is 1.05. The van der Waals surface area contributed by atoms with Crippen molar-refractivity contribution in [3.8, 4) is 0 Å². The van der Waals surface area contributed by atoms with E-state index in [1.54, 1.807) is 0 Å². The molecule has 1 atom stereocenters. The van der Waals surface area contributed by atoms with E-state index in [-0.39, 0.29) is 5.91 Å². The Kier molecular flexibility index (Phi) is 4.72. The van der Waals surface area contributed by atoms with Crippen molar-refractivity contribution in [2.24, 2.45) is 5.92 Å². The van der Waals surface area contributed by atoms with E-state index in [0.717, 1.165) is 30.3 Å². The van der Waals surface area contributed by atoms with Crippen molar-refractivity contribution < 1.29 is 4.79 Å². The van der Waals surface area contributed by atoms with Crippen molar-refractivity contribution in [2.75, 3.05) is 18.4 Å². The summed E-state index contributed by atoms with van der Waals surface area (Å²) in [4.78, 5) is 16.2. The number of nitrogens with zero attached hydrogens (tertiary/aromatic N) is 1. The van der Waals surface area contributed by atoms with E-state index < -0.39 is 0 Å². The van der Waals surface area contributed by atoms with Gasteiger partial charge < -0.3 is 10.6 Å². The fourth-order valence-corrected chi connectivity index (χ4v) is 2.97. The van der Waals surface area contributed by atoms with Crippen molar-refractivity contribution in [1.82, 2.24) is 10.3 Å². The van der Waals surface area contributed by atoms with E-state index in [1.165, 1.54) is 17.8 Å². The van der Waals surface area contributed by atoms with Gasteiger partial charge in [0.25, 0.3) is 0 Å². The zero-order valence-corrected chi connectivity index (χ0v) is 11.8. The summed E-state index contributed by atoms with van der Waals surface area (Å²) in [5, 5.41) is 8.95. The number of carbonyl (C=O) groups is 1. The predicted octanol–water partition coefficient (Wildman–Crippen LogP) is 2.59. The fraction of sp³-hybridized carbons (Fsp3) is 0.692. The van der Waals surface area contributed by atoms with Gasteiger partial charge in [-0.3, -0.25) is 4.79 Å². The molecule has 5 heteroatoms. The Balaban J connectivity index is 1.75. The monoisotopic (exact) mass is 267 g/mol. The minimum Gasteiger partial charge on any atom is -0.316 e. The van der Waals surface area contributed by atoms with Gasteiger partial charge in [0.15, 0.2) is 5.13 Å². The van der Waals surface area contributed by atoms with Crippen molar-refractivity contribution in [3.63, 3.8) is 0 Å². The largest absolute Gasteiger partial charge is 0.316 e. The average Bonchev–Trinajstić information content (AvgIpc) is 2.96. The maximum absolute atomic E-state index is 11.8. The van der Waals surface area contributed by atoms with Crippen LogP contribution in [-0.2, 0) is 4.79 Å². The quantitative estimate of drug-likeness (QED) is 0.862. The highest BCUT2D eigenvalue weighted by molar-refractivity contribution is 7.13. The SMILES string of the molecule is CC(C)c1csc(NC(=O)CCC2CCNC2)n1.